The van der Waals surface area contributed by atoms with E-state index in [0.717, 1.165) is 29.5 Å². The van der Waals surface area contributed by atoms with Gasteiger partial charge < -0.3 is 4.98 Å². The molecule has 0 saturated carbocycles. The molecule has 2 unspecified atom stereocenters. The summed E-state index contributed by atoms with van der Waals surface area (Å²) in [5, 5.41) is 1.90. The fourth-order valence-corrected chi connectivity index (χ4v) is 6.74. The first-order valence-electron chi connectivity index (χ1n) is 10.7. The van der Waals surface area contributed by atoms with E-state index in [2.05, 4.69) is 16.9 Å². The smallest absolute Gasteiger partial charge is 0.263 e. The molecule has 1 aromatic carbocycles. The quantitative estimate of drug-likeness (QED) is 0.359. The van der Waals surface area contributed by atoms with Crippen molar-refractivity contribution in [2.24, 2.45) is 5.92 Å². The highest BCUT2D eigenvalue weighted by molar-refractivity contribution is 7.99. The van der Waals surface area contributed by atoms with E-state index < -0.39 is 0 Å². The maximum atomic E-state index is 13.4. The molecule has 2 atom stereocenters. The van der Waals surface area contributed by atoms with Crippen LogP contribution in [0.4, 0.5) is 0 Å². The molecule has 3 aromatic heterocycles. The second-order valence-corrected chi connectivity index (χ2v) is 10.6. The van der Waals surface area contributed by atoms with Crippen molar-refractivity contribution in [3.63, 3.8) is 0 Å². The van der Waals surface area contributed by atoms with E-state index >= 15 is 0 Å². The van der Waals surface area contributed by atoms with Gasteiger partial charge in [-0.1, -0.05) is 30.8 Å². The van der Waals surface area contributed by atoms with E-state index in [1.54, 1.807) is 22.0 Å². The van der Waals surface area contributed by atoms with Gasteiger partial charge in [-0.2, -0.15) is 0 Å². The van der Waals surface area contributed by atoms with E-state index in [-0.39, 0.29) is 16.4 Å². The second-order valence-electron chi connectivity index (χ2n) is 8.20. The van der Waals surface area contributed by atoms with Gasteiger partial charge in [0.05, 0.1) is 21.5 Å². The number of thioether (sulfide) groups is 1. The van der Waals surface area contributed by atoms with E-state index in [0.29, 0.717) is 34.3 Å². The van der Waals surface area contributed by atoms with E-state index in [1.807, 2.05) is 32.0 Å². The lowest BCUT2D eigenvalue weighted by Crippen LogP contribution is -2.23. The average Bonchev–Trinajstić information content (AvgIpc) is 3.11. The number of nitrogens with zero attached hydrogens (tertiary/aromatic N) is 3. The van der Waals surface area contributed by atoms with Crippen molar-refractivity contribution < 1.29 is 0 Å². The van der Waals surface area contributed by atoms with Crippen LogP contribution in [0.2, 0.25) is 0 Å². The third kappa shape index (κ3) is 3.51. The fourth-order valence-electron chi connectivity index (χ4n) is 4.28. The van der Waals surface area contributed by atoms with Gasteiger partial charge in [-0.3, -0.25) is 14.2 Å². The Labute approximate surface area is 187 Å². The normalized spacial score (nSPS) is 17.2. The van der Waals surface area contributed by atoms with Crippen molar-refractivity contribution in [3.8, 4) is 0 Å². The zero-order valence-electron chi connectivity index (χ0n) is 17.8. The monoisotopic (exact) mass is 452 g/mol. The van der Waals surface area contributed by atoms with Crippen LogP contribution < -0.4 is 11.1 Å². The van der Waals surface area contributed by atoms with Crippen LogP contribution in [-0.4, -0.2) is 19.5 Å². The van der Waals surface area contributed by atoms with Gasteiger partial charge in [-0.05, 0) is 56.7 Å². The first kappa shape index (κ1) is 20.5. The molecule has 0 aliphatic heterocycles. The molecule has 1 aliphatic carbocycles. The molecular weight excluding hydrogens is 428 g/mol. The molecule has 3 heterocycles. The van der Waals surface area contributed by atoms with Gasteiger partial charge in [0.1, 0.15) is 10.7 Å². The maximum Gasteiger partial charge on any atom is 0.263 e. The van der Waals surface area contributed by atoms with E-state index in [1.165, 1.54) is 22.2 Å². The van der Waals surface area contributed by atoms with Crippen LogP contribution in [0.15, 0.2) is 39.0 Å². The van der Waals surface area contributed by atoms with E-state index in [9.17, 15) is 9.59 Å². The van der Waals surface area contributed by atoms with Crippen molar-refractivity contribution >= 4 is 44.2 Å². The van der Waals surface area contributed by atoms with Crippen LogP contribution in [0.3, 0.4) is 0 Å². The van der Waals surface area contributed by atoms with E-state index in [4.69, 9.17) is 4.98 Å². The van der Waals surface area contributed by atoms with Gasteiger partial charge in [-0.15, -0.1) is 11.3 Å². The third-order valence-corrected chi connectivity index (χ3v) is 8.24. The number of aromatic nitrogens is 4. The lowest BCUT2D eigenvalue weighted by Gasteiger charge is -2.18. The summed E-state index contributed by atoms with van der Waals surface area (Å²) in [6.45, 7) is 6.78. The lowest BCUT2D eigenvalue weighted by atomic mass is 9.89. The number of aryl methyl sites for hydroxylation is 1. The van der Waals surface area contributed by atoms with Crippen molar-refractivity contribution in [1.82, 2.24) is 19.5 Å². The number of rotatable bonds is 4. The molecule has 0 amide bonds. The molecule has 160 valence electrons. The Morgan fingerprint density at radius 2 is 2.10 bits per heavy atom. The molecule has 0 bridgehead atoms. The Hall–Kier alpha value is -2.45. The predicted molar refractivity (Wildman–Crippen MR) is 127 cm³/mol. The number of hydrogen-bond donors (Lipinski definition) is 1. The van der Waals surface area contributed by atoms with Crippen molar-refractivity contribution in [2.45, 2.75) is 57.0 Å². The summed E-state index contributed by atoms with van der Waals surface area (Å²) in [4.78, 5) is 40.5. The minimum absolute atomic E-state index is 0.0502. The van der Waals surface area contributed by atoms with Crippen LogP contribution in [0, 0.1) is 5.92 Å². The van der Waals surface area contributed by atoms with Gasteiger partial charge in [-0.25, -0.2) is 9.97 Å². The average molecular weight is 453 g/mol. The summed E-state index contributed by atoms with van der Waals surface area (Å²) in [6, 6.07) is 7.32. The van der Waals surface area contributed by atoms with Crippen molar-refractivity contribution in [1.29, 1.82) is 0 Å². The maximum absolute atomic E-state index is 13.4. The highest BCUT2D eigenvalue weighted by Crippen LogP contribution is 2.38. The Kier molecular flexibility index (Phi) is 5.22. The third-order valence-electron chi connectivity index (χ3n) is 5.99. The molecule has 0 spiro atoms. The van der Waals surface area contributed by atoms with Crippen LogP contribution in [0.5, 0.6) is 0 Å². The SMILES string of the molecule is CCn1c(SC(C)c2nc3ccccc3c(=O)[nH]2)nc2sc3c(c2c1=O)CCC(C)C3. The molecule has 31 heavy (non-hydrogen) atoms. The number of benzene rings is 1. The van der Waals surface area contributed by atoms with Crippen LogP contribution in [-0.2, 0) is 19.4 Å². The van der Waals surface area contributed by atoms with Crippen molar-refractivity contribution in [2.75, 3.05) is 0 Å². The summed E-state index contributed by atoms with van der Waals surface area (Å²) >= 11 is 3.13. The van der Waals surface area contributed by atoms with Crippen LogP contribution >= 0.6 is 23.1 Å². The first-order valence-corrected chi connectivity index (χ1v) is 12.4. The lowest BCUT2D eigenvalue weighted by molar-refractivity contribution is 0.509. The fraction of sp³-hybridized carbons (Fsp3) is 0.391. The largest absolute Gasteiger partial charge is 0.309 e. The minimum atomic E-state index is -0.158. The Morgan fingerprint density at radius 1 is 1.29 bits per heavy atom. The second kappa shape index (κ2) is 7.91. The molecule has 1 aliphatic rings. The number of fused-ring (bicyclic) bond motifs is 4. The topological polar surface area (TPSA) is 80.6 Å². The molecule has 5 rings (SSSR count). The molecule has 8 heteroatoms. The Morgan fingerprint density at radius 3 is 2.90 bits per heavy atom. The Bertz CT molecular complexity index is 1420. The van der Waals surface area contributed by atoms with Crippen LogP contribution in [0.25, 0.3) is 21.1 Å². The standard InChI is InChI=1S/C23H24N4O2S2/c1-4-27-22(29)18-15-10-9-12(2)11-17(15)31-21(18)26-23(27)30-13(3)19-24-16-8-6-5-7-14(16)20(28)25-19/h5-8,12-13H,4,9-11H2,1-3H3,(H,24,25,28). The molecule has 1 N–H and O–H groups in total. The number of H-pyrrole nitrogens is 1. The minimum Gasteiger partial charge on any atom is -0.309 e. The number of nitrogens with one attached hydrogen (secondary N) is 1. The molecular formula is C23H24N4O2S2. The van der Waals surface area contributed by atoms with Gasteiger partial charge in [0, 0.05) is 11.4 Å². The summed E-state index contributed by atoms with van der Waals surface area (Å²) in [7, 11) is 0. The first-order chi connectivity index (χ1) is 15.0. The number of para-hydroxylation sites is 1. The molecule has 0 saturated heterocycles. The summed E-state index contributed by atoms with van der Waals surface area (Å²) in [5.41, 5.74) is 1.78. The van der Waals surface area contributed by atoms with Gasteiger partial charge >= 0.3 is 0 Å². The molecule has 0 fully saturated rings. The predicted octanol–water partition coefficient (Wildman–Crippen LogP) is 4.69. The van der Waals surface area contributed by atoms with Gasteiger partial charge in [0.15, 0.2) is 5.16 Å². The zero-order chi connectivity index (χ0) is 21.7. The molecule has 4 aromatic rings. The highest BCUT2D eigenvalue weighted by atomic mass is 32.2. The molecule has 6 nitrogen and oxygen atoms in total. The van der Waals surface area contributed by atoms with Gasteiger partial charge in [0.2, 0.25) is 0 Å². The highest BCUT2D eigenvalue weighted by Gasteiger charge is 2.25. The summed E-state index contributed by atoms with van der Waals surface area (Å²) in [6.07, 6.45) is 3.12. The van der Waals surface area contributed by atoms with Crippen molar-refractivity contribution in [3.05, 3.63) is 61.2 Å². The zero-order valence-corrected chi connectivity index (χ0v) is 19.4. The number of aromatic amines is 1. The Balaban J connectivity index is 1.57. The summed E-state index contributed by atoms with van der Waals surface area (Å²) < 4.78 is 1.76. The van der Waals surface area contributed by atoms with Gasteiger partial charge in [0.25, 0.3) is 11.1 Å². The van der Waals surface area contributed by atoms with Crippen LogP contribution in [0.1, 0.15) is 48.7 Å². The number of hydrogen-bond acceptors (Lipinski definition) is 6. The number of thiophene rings is 1. The molecule has 0 radical (unpaired) electrons. The summed E-state index contributed by atoms with van der Waals surface area (Å²) in [5.74, 6) is 1.24.